The molecule has 0 bridgehead atoms. The van der Waals surface area contributed by atoms with Crippen LogP contribution in [0.15, 0.2) is 47.5 Å². The van der Waals surface area contributed by atoms with Crippen LogP contribution in [0.1, 0.15) is 38.2 Å². The molecule has 1 aromatic rings. The van der Waals surface area contributed by atoms with Crippen molar-refractivity contribution >= 4 is 11.9 Å². The molecule has 0 aliphatic carbocycles. The SMILES string of the molecule is C=C(C)CN1CCC(NC(=NC)NCC(=O)N2CCC(Cc3ccccc3)CC2)CC1. The average Bonchev–Trinajstić information content (AvgIpc) is 2.78. The zero-order valence-electron chi connectivity index (χ0n) is 19.3. The van der Waals surface area contributed by atoms with E-state index in [1.54, 1.807) is 7.05 Å². The Morgan fingerprint density at radius 2 is 1.77 bits per heavy atom. The Morgan fingerprint density at radius 1 is 1.10 bits per heavy atom. The molecule has 1 amide bonds. The van der Waals surface area contributed by atoms with Crippen molar-refractivity contribution in [2.45, 2.75) is 45.1 Å². The van der Waals surface area contributed by atoms with Crippen LogP contribution in [0.5, 0.6) is 0 Å². The number of nitrogens with zero attached hydrogens (tertiary/aromatic N) is 3. The van der Waals surface area contributed by atoms with Gasteiger partial charge in [0.05, 0.1) is 6.54 Å². The molecule has 31 heavy (non-hydrogen) atoms. The Bertz CT molecular complexity index is 732. The van der Waals surface area contributed by atoms with Crippen LogP contribution in [0.2, 0.25) is 0 Å². The third-order valence-electron chi connectivity index (χ3n) is 6.39. The van der Waals surface area contributed by atoms with Gasteiger partial charge < -0.3 is 15.5 Å². The number of aliphatic imine (C=N–C) groups is 1. The van der Waals surface area contributed by atoms with Gasteiger partial charge in [-0.25, -0.2) is 0 Å². The normalized spacial score (nSPS) is 19.3. The number of benzene rings is 1. The molecule has 0 radical (unpaired) electrons. The summed E-state index contributed by atoms with van der Waals surface area (Å²) in [5.41, 5.74) is 2.61. The Kier molecular flexibility index (Phi) is 8.95. The minimum atomic E-state index is 0.164. The molecule has 0 aromatic heterocycles. The number of likely N-dealkylation sites (tertiary alicyclic amines) is 2. The molecule has 170 valence electrons. The second kappa shape index (κ2) is 11.9. The lowest BCUT2D eigenvalue weighted by atomic mass is 9.90. The van der Waals surface area contributed by atoms with Gasteiger partial charge >= 0.3 is 0 Å². The van der Waals surface area contributed by atoms with Crippen molar-refractivity contribution in [1.82, 2.24) is 20.4 Å². The molecular weight excluding hydrogens is 386 g/mol. The van der Waals surface area contributed by atoms with Gasteiger partial charge in [-0.3, -0.25) is 14.7 Å². The van der Waals surface area contributed by atoms with Crippen molar-refractivity contribution < 1.29 is 4.79 Å². The highest BCUT2D eigenvalue weighted by molar-refractivity contribution is 5.86. The fourth-order valence-electron chi connectivity index (χ4n) is 4.61. The van der Waals surface area contributed by atoms with Crippen LogP contribution in [-0.4, -0.2) is 74.0 Å². The highest BCUT2D eigenvalue weighted by Gasteiger charge is 2.24. The molecule has 2 aliphatic rings. The maximum Gasteiger partial charge on any atom is 0.241 e. The third kappa shape index (κ3) is 7.69. The summed E-state index contributed by atoms with van der Waals surface area (Å²) < 4.78 is 0. The van der Waals surface area contributed by atoms with Gasteiger partial charge in [0.1, 0.15) is 0 Å². The van der Waals surface area contributed by atoms with Gasteiger partial charge in [-0.15, -0.1) is 0 Å². The van der Waals surface area contributed by atoms with E-state index in [0.717, 1.165) is 70.8 Å². The molecule has 6 heteroatoms. The summed E-state index contributed by atoms with van der Waals surface area (Å²) in [4.78, 5) is 21.5. The minimum Gasteiger partial charge on any atom is -0.354 e. The van der Waals surface area contributed by atoms with Gasteiger partial charge in [-0.05, 0) is 50.5 Å². The molecule has 6 nitrogen and oxygen atoms in total. The summed E-state index contributed by atoms with van der Waals surface area (Å²) in [6.45, 7) is 11.2. The van der Waals surface area contributed by atoms with Crippen LogP contribution in [0.25, 0.3) is 0 Å². The summed E-state index contributed by atoms with van der Waals surface area (Å²) in [5.74, 6) is 1.56. The predicted molar refractivity (Wildman–Crippen MR) is 128 cm³/mol. The van der Waals surface area contributed by atoms with E-state index in [1.165, 1.54) is 11.1 Å². The predicted octanol–water partition coefficient (Wildman–Crippen LogP) is 2.67. The molecule has 3 rings (SSSR count). The number of hydrogen-bond donors (Lipinski definition) is 2. The number of nitrogens with one attached hydrogen (secondary N) is 2. The number of rotatable bonds is 7. The summed E-state index contributed by atoms with van der Waals surface area (Å²) >= 11 is 0. The molecule has 2 N–H and O–H groups in total. The first kappa shape index (κ1) is 23.3. The molecule has 1 aromatic carbocycles. The van der Waals surface area contributed by atoms with Crippen molar-refractivity contribution in [2.24, 2.45) is 10.9 Å². The van der Waals surface area contributed by atoms with Crippen LogP contribution in [0.4, 0.5) is 0 Å². The Hall–Kier alpha value is -2.34. The molecule has 2 heterocycles. The smallest absolute Gasteiger partial charge is 0.241 e. The Morgan fingerprint density at radius 3 is 2.39 bits per heavy atom. The third-order valence-corrected chi connectivity index (χ3v) is 6.39. The number of guanidine groups is 1. The van der Waals surface area contributed by atoms with Gasteiger partial charge in [-0.1, -0.05) is 42.5 Å². The van der Waals surface area contributed by atoms with Crippen molar-refractivity contribution in [2.75, 3.05) is 46.3 Å². The van der Waals surface area contributed by atoms with E-state index < -0.39 is 0 Å². The number of amides is 1. The van der Waals surface area contributed by atoms with Crippen LogP contribution in [-0.2, 0) is 11.2 Å². The molecule has 2 saturated heterocycles. The molecular formula is C25H39N5O. The maximum absolute atomic E-state index is 12.7. The number of piperidine rings is 2. The van der Waals surface area contributed by atoms with Crippen molar-refractivity contribution in [3.8, 4) is 0 Å². The van der Waals surface area contributed by atoms with E-state index in [4.69, 9.17) is 0 Å². The fourth-order valence-corrected chi connectivity index (χ4v) is 4.61. The minimum absolute atomic E-state index is 0.164. The topological polar surface area (TPSA) is 60.0 Å². The van der Waals surface area contributed by atoms with Gasteiger partial charge in [0, 0.05) is 45.8 Å². The summed E-state index contributed by atoms with van der Waals surface area (Å²) in [5, 5.41) is 6.72. The van der Waals surface area contributed by atoms with Crippen LogP contribution in [0, 0.1) is 5.92 Å². The molecule has 0 saturated carbocycles. The van der Waals surface area contributed by atoms with E-state index in [0.29, 0.717) is 18.5 Å². The quantitative estimate of drug-likeness (QED) is 0.401. The first-order chi connectivity index (χ1) is 15.0. The Labute approximate surface area is 187 Å². The lowest BCUT2D eigenvalue weighted by Crippen LogP contribution is -2.51. The van der Waals surface area contributed by atoms with Gasteiger partial charge in [-0.2, -0.15) is 0 Å². The van der Waals surface area contributed by atoms with Crippen molar-refractivity contribution in [3.05, 3.63) is 48.0 Å². The summed E-state index contributed by atoms with van der Waals surface area (Å²) in [6, 6.07) is 11.1. The molecule has 2 aliphatic heterocycles. The fraction of sp³-hybridized carbons (Fsp3) is 0.600. The van der Waals surface area contributed by atoms with E-state index in [2.05, 4.69) is 64.4 Å². The number of carbonyl (C=O) groups excluding carboxylic acids is 1. The van der Waals surface area contributed by atoms with E-state index >= 15 is 0 Å². The molecule has 0 unspecified atom stereocenters. The van der Waals surface area contributed by atoms with Crippen molar-refractivity contribution in [3.63, 3.8) is 0 Å². The highest BCUT2D eigenvalue weighted by atomic mass is 16.2. The standard InChI is InChI=1S/C25H39N5O/c1-20(2)19-29-13-11-23(12-14-29)28-25(26-3)27-18-24(31)30-15-9-22(10-16-30)17-21-7-5-4-6-8-21/h4-8,22-23H,1,9-19H2,2-3H3,(H2,26,27,28). The first-order valence-electron chi connectivity index (χ1n) is 11.7. The van der Waals surface area contributed by atoms with E-state index in [9.17, 15) is 4.79 Å². The lowest BCUT2D eigenvalue weighted by molar-refractivity contribution is -0.131. The first-order valence-corrected chi connectivity index (χ1v) is 11.7. The second-order valence-electron chi connectivity index (χ2n) is 9.09. The van der Waals surface area contributed by atoms with Gasteiger partial charge in [0.25, 0.3) is 0 Å². The molecule has 2 fully saturated rings. The van der Waals surface area contributed by atoms with Crippen LogP contribution >= 0.6 is 0 Å². The van der Waals surface area contributed by atoms with E-state index in [-0.39, 0.29) is 5.91 Å². The lowest BCUT2D eigenvalue weighted by Gasteiger charge is -2.34. The maximum atomic E-state index is 12.7. The largest absolute Gasteiger partial charge is 0.354 e. The zero-order valence-corrected chi connectivity index (χ0v) is 19.3. The van der Waals surface area contributed by atoms with Gasteiger partial charge in [0.2, 0.25) is 5.91 Å². The number of hydrogen-bond acceptors (Lipinski definition) is 3. The average molecular weight is 426 g/mol. The Balaban J connectivity index is 1.34. The highest BCUT2D eigenvalue weighted by Crippen LogP contribution is 2.21. The van der Waals surface area contributed by atoms with Gasteiger partial charge in [0.15, 0.2) is 5.96 Å². The summed E-state index contributed by atoms with van der Waals surface area (Å²) in [6.07, 6.45) is 5.43. The number of carbonyl (C=O) groups is 1. The zero-order chi connectivity index (χ0) is 22.1. The van der Waals surface area contributed by atoms with Crippen molar-refractivity contribution in [1.29, 1.82) is 0 Å². The second-order valence-corrected chi connectivity index (χ2v) is 9.09. The molecule has 0 atom stereocenters. The molecule has 0 spiro atoms. The van der Waals surface area contributed by atoms with Crippen LogP contribution < -0.4 is 10.6 Å². The van der Waals surface area contributed by atoms with Crippen LogP contribution in [0.3, 0.4) is 0 Å². The summed E-state index contributed by atoms with van der Waals surface area (Å²) in [7, 11) is 1.77. The monoisotopic (exact) mass is 425 g/mol. The van der Waals surface area contributed by atoms with E-state index in [1.807, 2.05) is 4.90 Å².